The molecule has 1 saturated heterocycles. The summed E-state index contributed by atoms with van der Waals surface area (Å²) in [7, 11) is 0. The molecule has 2 heterocycles. The van der Waals surface area contributed by atoms with Gasteiger partial charge in [0.1, 0.15) is 0 Å². The average Bonchev–Trinajstić information content (AvgIpc) is 2.91. The first-order chi connectivity index (χ1) is 10.1. The Labute approximate surface area is 126 Å². The largest absolute Gasteiger partial charge is 0.417 e. The van der Waals surface area contributed by atoms with Gasteiger partial charge in [-0.15, -0.1) is 11.3 Å². The number of cyclic esters (lactones) is 2. The second kappa shape index (κ2) is 6.66. The number of aromatic nitrogens is 1. The maximum Gasteiger partial charge on any atom is 0.369 e. The van der Waals surface area contributed by atoms with E-state index in [1.54, 1.807) is 11.6 Å². The molecule has 0 bridgehead atoms. The summed E-state index contributed by atoms with van der Waals surface area (Å²) in [6.45, 7) is 3.87. The molecule has 1 aliphatic heterocycles. The van der Waals surface area contributed by atoms with E-state index in [0.717, 1.165) is 12.8 Å². The molecule has 0 radical (unpaired) electrons. The zero-order chi connectivity index (χ0) is 15.3. The van der Waals surface area contributed by atoms with E-state index in [2.05, 4.69) is 15.5 Å². The third kappa shape index (κ3) is 3.57. The van der Waals surface area contributed by atoms with Gasteiger partial charge in [-0.2, -0.15) is 5.10 Å². The number of carbonyl (C=O) groups excluding carboxylic acids is 2. The second-order valence-electron chi connectivity index (χ2n) is 4.60. The van der Waals surface area contributed by atoms with Crippen LogP contribution in [0.15, 0.2) is 16.7 Å². The highest BCUT2D eigenvalue weighted by molar-refractivity contribution is 7.13. The molecule has 1 fully saturated rings. The number of nitrogens with one attached hydrogen (secondary N) is 1. The maximum absolute atomic E-state index is 12.0. The number of esters is 2. The summed E-state index contributed by atoms with van der Waals surface area (Å²) in [5.41, 5.74) is 2.14. The van der Waals surface area contributed by atoms with E-state index in [1.807, 2.05) is 13.8 Å². The molecule has 1 N–H and O–H groups in total. The monoisotopic (exact) mass is 311 g/mol. The normalized spacial score (nSPS) is 17.1. The minimum atomic E-state index is -1.15. The molecular formula is C13H17N3O4S. The third-order valence-electron chi connectivity index (χ3n) is 2.90. The van der Waals surface area contributed by atoms with Gasteiger partial charge in [-0.05, 0) is 12.8 Å². The average molecular weight is 311 g/mol. The van der Waals surface area contributed by atoms with Crippen LogP contribution in [0.25, 0.3) is 0 Å². The molecule has 0 atom stereocenters. The van der Waals surface area contributed by atoms with Gasteiger partial charge >= 0.3 is 11.9 Å². The molecule has 0 aliphatic carbocycles. The second-order valence-corrected chi connectivity index (χ2v) is 5.49. The van der Waals surface area contributed by atoms with Crippen LogP contribution in [0.2, 0.25) is 0 Å². The van der Waals surface area contributed by atoms with Crippen molar-refractivity contribution in [2.24, 2.45) is 5.10 Å². The first-order valence-electron chi connectivity index (χ1n) is 6.80. The predicted octanol–water partition coefficient (Wildman–Crippen LogP) is 2.31. The van der Waals surface area contributed by atoms with E-state index in [0.29, 0.717) is 18.0 Å². The van der Waals surface area contributed by atoms with Crippen molar-refractivity contribution < 1.29 is 19.1 Å². The summed E-state index contributed by atoms with van der Waals surface area (Å²) in [6, 6.07) is 0. The van der Waals surface area contributed by atoms with Crippen LogP contribution in [0.3, 0.4) is 0 Å². The van der Waals surface area contributed by atoms with E-state index >= 15 is 0 Å². The molecule has 2 rings (SSSR count). The van der Waals surface area contributed by atoms with Crippen molar-refractivity contribution in [1.29, 1.82) is 0 Å². The summed E-state index contributed by atoms with van der Waals surface area (Å²) in [6.07, 6.45) is 4.02. The highest BCUT2D eigenvalue weighted by Crippen LogP contribution is 2.30. The molecule has 1 aliphatic rings. The van der Waals surface area contributed by atoms with Crippen LogP contribution < -0.4 is 5.43 Å². The maximum atomic E-state index is 12.0. The van der Waals surface area contributed by atoms with Crippen molar-refractivity contribution >= 4 is 34.1 Å². The number of hydrogen-bond acceptors (Lipinski definition) is 8. The minimum Gasteiger partial charge on any atom is -0.417 e. The number of thiazole rings is 1. The summed E-state index contributed by atoms with van der Waals surface area (Å²) < 4.78 is 10.7. The van der Waals surface area contributed by atoms with Gasteiger partial charge in [0, 0.05) is 24.4 Å². The molecule has 0 spiro atoms. The molecule has 1 aromatic heterocycles. The van der Waals surface area contributed by atoms with Crippen LogP contribution in [-0.4, -0.2) is 28.4 Å². The number of nitrogens with zero attached hydrogens (tertiary/aromatic N) is 2. The van der Waals surface area contributed by atoms with Crippen molar-refractivity contribution in [3.05, 3.63) is 11.6 Å². The Morgan fingerprint density at radius 3 is 2.33 bits per heavy atom. The number of hydrogen-bond donors (Lipinski definition) is 1. The number of ether oxygens (including phenoxy) is 2. The lowest BCUT2D eigenvalue weighted by atomic mass is 10.0. The zero-order valence-corrected chi connectivity index (χ0v) is 12.7. The predicted molar refractivity (Wildman–Crippen MR) is 77.9 cm³/mol. The van der Waals surface area contributed by atoms with Crippen LogP contribution in [0, 0.1) is 0 Å². The van der Waals surface area contributed by atoms with E-state index < -0.39 is 23.4 Å². The quantitative estimate of drug-likeness (QED) is 0.640. The van der Waals surface area contributed by atoms with Crippen molar-refractivity contribution in [2.75, 3.05) is 5.43 Å². The molecule has 7 nitrogen and oxygen atoms in total. The van der Waals surface area contributed by atoms with Gasteiger partial charge in [-0.3, -0.25) is 5.43 Å². The molecule has 1 aromatic rings. The Balaban J connectivity index is 2.13. The van der Waals surface area contributed by atoms with Crippen molar-refractivity contribution in [3.63, 3.8) is 0 Å². The summed E-state index contributed by atoms with van der Waals surface area (Å²) >= 11 is 1.30. The zero-order valence-electron chi connectivity index (χ0n) is 11.9. The number of anilines is 1. The Hall–Kier alpha value is -1.96. The highest BCUT2D eigenvalue weighted by atomic mass is 32.1. The smallest absolute Gasteiger partial charge is 0.369 e. The highest BCUT2D eigenvalue weighted by Gasteiger charge is 2.46. The van der Waals surface area contributed by atoms with E-state index in [-0.39, 0.29) is 0 Å². The topological polar surface area (TPSA) is 89.9 Å². The van der Waals surface area contributed by atoms with Crippen LogP contribution in [0.4, 0.5) is 5.13 Å². The van der Waals surface area contributed by atoms with Gasteiger partial charge in [0.15, 0.2) is 0 Å². The SMILES string of the molecule is CCCC1(CCC)OC(=O)C(=NNc2nccs2)C(=O)O1. The van der Waals surface area contributed by atoms with Crippen LogP contribution in [0.5, 0.6) is 0 Å². The fourth-order valence-electron chi connectivity index (χ4n) is 2.10. The molecule has 8 heteroatoms. The molecule has 0 amide bonds. The van der Waals surface area contributed by atoms with Gasteiger partial charge < -0.3 is 9.47 Å². The van der Waals surface area contributed by atoms with Gasteiger partial charge in [0.2, 0.25) is 5.13 Å². The third-order valence-corrected chi connectivity index (χ3v) is 3.58. The van der Waals surface area contributed by atoms with Crippen LogP contribution in [-0.2, 0) is 19.1 Å². The van der Waals surface area contributed by atoms with E-state index in [4.69, 9.17) is 9.47 Å². The number of carbonyl (C=O) groups is 2. The van der Waals surface area contributed by atoms with E-state index in [9.17, 15) is 9.59 Å². The van der Waals surface area contributed by atoms with E-state index in [1.165, 1.54) is 11.3 Å². The molecular weight excluding hydrogens is 294 g/mol. The Kier molecular flexibility index (Phi) is 4.89. The molecule has 21 heavy (non-hydrogen) atoms. The summed E-state index contributed by atoms with van der Waals surface area (Å²) in [4.78, 5) is 28.0. The summed E-state index contributed by atoms with van der Waals surface area (Å²) in [5.74, 6) is -2.69. The van der Waals surface area contributed by atoms with Crippen molar-refractivity contribution in [3.8, 4) is 0 Å². The Bertz CT molecular complexity index is 514. The lowest BCUT2D eigenvalue weighted by Gasteiger charge is -2.35. The number of hydrazone groups is 1. The first kappa shape index (κ1) is 15.4. The van der Waals surface area contributed by atoms with Crippen molar-refractivity contribution in [2.45, 2.75) is 45.3 Å². The fraction of sp³-hybridized carbons (Fsp3) is 0.538. The Morgan fingerprint density at radius 2 is 1.86 bits per heavy atom. The van der Waals surface area contributed by atoms with Gasteiger partial charge in [0.25, 0.3) is 11.5 Å². The van der Waals surface area contributed by atoms with Crippen LogP contribution in [0.1, 0.15) is 39.5 Å². The Morgan fingerprint density at radius 1 is 1.24 bits per heavy atom. The summed E-state index contributed by atoms with van der Waals surface area (Å²) in [5, 5.41) is 5.96. The lowest BCUT2D eigenvalue weighted by Crippen LogP contribution is -2.50. The molecule has 0 aromatic carbocycles. The molecule has 0 unspecified atom stereocenters. The van der Waals surface area contributed by atoms with Crippen LogP contribution >= 0.6 is 11.3 Å². The first-order valence-corrected chi connectivity index (χ1v) is 7.68. The standard InChI is InChI=1S/C13H17N3O4S/c1-3-5-13(6-4-2)19-10(17)9(11(18)20-13)15-16-12-14-7-8-21-12/h7-8H,3-6H2,1-2H3,(H,14,16). The lowest BCUT2D eigenvalue weighted by molar-refractivity contribution is -0.233. The number of rotatable bonds is 6. The van der Waals surface area contributed by atoms with Gasteiger partial charge in [-0.25, -0.2) is 14.6 Å². The van der Waals surface area contributed by atoms with Crippen molar-refractivity contribution in [1.82, 2.24) is 4.98 Å². The molecule has 114 valence electrons. The van der Waals surface area contributed by atoms with Gasteiger partial charge in [0.05, 0.1) is 0 Å². The molecule has 0 saturated carbocycles. The van der Waals surface area contributed by atoms with Gasteiger partial charge in [-0.1, -0.05) is 13.8 Å². The fourth-order valence-corrected chi connectivity index (χ4v) is 2.57. The minimum absolute atomic E-state index is 0.395.